The molecule has 0 spiro atoms. The van der Waals surface area contributed by atoms with Crippen LogP contribution in [0.25, 0.3) is 0 Å². The quantitative estimate of drug-likeness (QED) is 0.922. The summed E-state index contributed by atoms with van der Waals surface area (Å²) in [5, 5.41) is 14.1. The van der Waals surface area contributed by atoms with Crippen LogP contribution < -0.4 is 0 Å². The second-order valence-corrected chi connectivity index (χ2v) is 7.29. The normalized spacial score (nSPS) is 40.0. The Morgan fingerprint density at radius 3 is 2.30 bits per heavy atom. The van der Waals surface area contributed by atoms with Crippen molar-refractivity contribution in [3.63, 3.8) is 0 Å². The smallest absolute Gasteiger partial charge is 0.328 e. The Kier molecular flexibility index (Phi) is 2.69. The highest BCUT2D eigenvalue weighted by atomic mass is 16.4. The van der Waals surface area contributed by atoms with Crippen molar-refractivity contribution < 1.29 is 9.90 Å². The van der Waals surface area contributed by atoms with Gasteiger partial charge in [0.15, 0.2) is 6.04 Å². The molecule has 4 aliphatic rings. The number of carboxylic acids is 1. The summed E-state index contributed by atoms with van der Waals surface area (Å²) in [6.45, 7) is 1.97. The SMILES string of the molecule is Cc1cnn(C(C(=O)O)C2C3CC4CC(C3)CC2C4)c1. The van der Waals surface area contributed by atoms with Crippen LogP contribution in [0.2, 0.25) is 0 Å². The van der Waals surface area contributed by atoms with Gasteiger partial charge in [-0.15, -0.1) is 0 Å². The summed E-state index contributed by atoms with van der Waals surface area (Å²) in [5.74, 6) is 2.56. The number of carboxylic acid groups (broad SMARTS) is 1. The summed E-state index contributed by atoms with van der Waals surface area (Å²) in [6.07, 6.45) is 10.1. The molecule has 5 rings (SSSR count). The number of aliphatic carboxylic acids is 1. The summed E-state index contributed by atoms with van der Waals surface area (Å²) in [4.78, 5) is 11.9. The van der Waals surface area contributed by atoms with Crippen molar-refractivity contribution in [2.24, 2.45) is 29.6 Å². The van der Waals surface area contributed by atoms with Gasteiger partial charge in [0.2, 0.25) is 0 Å². The summed E-state index contributed by atoms with van der Waals surface area (Å²) in [7, 11) is 0. The van der Waals surface area contributed by atoms with E-state index in [4.69, 9.17) is 0 Å². The Morgan fingerprint density at radius 2 is 1.85 bits per heavy atom. The van der Waals surface area contributed by atoms with Crippen molar-refractivity contribution in [2.75, 3.05) is 0 Å². The topological polar surface area (TPSA) is 55.1 Å². The van der Waals surface area contributed by atoms with Crippen LogP contribution in [0.3, 0.4) is 0 Å². The molecule has 4 nitrogen and oxygen atoms in total. The molecule has 4 fully saturated rings. The van der Waals surface area contributed by atoms with Crippen molar-refractivity contribution >= 4 is 5.97 Å². The average molecular weight is 274 g/mol. The van der Waals surface area contributed by atoms with Crippen LogP contribution in [0.4, 0.5) is 0 Å². The van der Waals surface area contributed by atoms with Crippen LogP contribution in [-0.2, 0) is 4.79 Å². The van der Waals surface area contributed by atoms with Crippen molar-refractivity contribution in [3.05, 3.63) is 18.0 Å². The summed E-state index contributed by atoms with van der Waals surface area (Å²) < 4.78 is 1.71. The molecule has 0 radical (unpaired) electrons. The molecule has 1 aromatic rings. The highest BCUT2D eigenvalue weighted by Gasteiger charge is 2.52. The van der Waals surface area contributed by atoms with E-state index in [1.807, 2.05) is 13.1 Å². The van der Waals surface area contributed by atoms with Gasteiger partial charge in [0.1, 0.15) is 0 Å². The minimum atomic E-state index is -0.703. The standard InChI is InChI=1S/C16H22N2O2/c1-9-7-17-18(8-9)15(16(19)20)14-12-3-10-2-11(5-12)6-13(14)4-10/h7-8,10-15H,2-6H2,1H3,(H,19,20). The summed E-state index contributed by atoms with van der Waals surface area (Å²) in [5.41, 5.74) is 1.04. The lowest BCUT2D eigenvalue weighted by atomic mass is 9.50. The molecule has 4 bridgehead atoms. The summed E-state index contributed by atoms with van der Waals surface area (Å²) in [6, 6.07) is -0.460. The van der Waals surface area contributed by atoms with Crippen molar-refractivity contribution in [1.29, 1.82) is 0 Å². The first-order valence-corrected chi connectivity index (χ1v) is 7.85. The minimum Gasteiger partial charge on any atom is -0.480 e. The zero-order valence-corrected chi connectivity index (χ0v) is 11.9. The van der Waals surface area contributed by atoms with Gasteiger partial charge in [-0.2, -0.15) is 5.10 Å². The maximum absolute atomic E-state index is 11.9. The maximum atomic E-state index is 11.9. The van der Waals surface area contributed by atoms with Crippen molar-refractivity contribution in [2.45, 2.75) is 45.1 Å². The first-order valence-electron chi connectivity index (χ1n) is 7.85. The van der Waals surface area contributed by atoms with Gasteiger partial charge in [-0.05, 0) is 74.2 Å². The average Bonchev–Trinajstić information content (AvgIpc) is 2.78. The molecule has 0 saturated heterocycles. The number of nitrogens with zero attached hydrogens (tertiary/aromatic N) is 2. The molecule has 108 valence electrons. The van der Waals surface area contributed by atoms with Crippen LogP contribution in [0.5, 0.6) is 0 Å². The van der Waals surface area contributed by atoms with Crippen molar-refractivity contribution in [3.8, 4) is 0 Å². The van der Waals surface area contributed by atoms with Crippen LogP contribution >= 0.6 is 0 Å². The Hall–Kier alpha value is -1.32. The van der Waals surface area contributed by atoms with Gasteiger partial charge >= 0.3 is 5.97 Å². The Balaban J connectivity index is 1.68. The molecule has 1 N–H and O–H groups in total. The minimum absolute atomic E-state index is 0.291. The highest BCUT2D eigenvalue weighted by molar-refractivity contribution is 5.72. The first kappa shape index (κ1) is 12.4. The predicted octanol–water partition coefficient (Wildman–Crippen LogP) is 2.89. The third-order valence-corrected chi connectivity index (χ3v) is 5.93. The molecule has 1 unspecified atom stereocenters. The molecule has 1 heterocycles. The zero-order chi connectivity index (χ0) is 13.9. The number of rotatable bonds is 3. The number of aromatic nitrogens is 2. The molecule has 4 saturated carbocycles. The Bertz CT molecular complexity index is 508. The van der Waals surface area contributed by atoms with Crippen molar-refractivity contribution in [1.82, 2.24) is 9.78 Å². The highest BCUT2D eigenvalue weighted by Crippen LogP contribution is 2.59. The summed E-state index contributed by atoms with van der Waals surface area (Å²) >= 11 is 0. The van der Waals surface area contributed by atoms with Gasteiger partial charge in [0, 0.05) is 6.20 Å². The lowest BCUT2D eigenvalue weighted by Crippen LogP contribution is -2.49. The van der Waals surface area contributed by atoms with Crippen LogP contribution in [0.1, 0.15) is 43.7 Å². The molecule has 1 atom stereocenters. The van der Waals surface area contributed by atoms with E-state index in [0.29, 0.717) is 17.8 Å². The van der Waals surface area contributed by atoms with E-state index in [9.17, 15) is 9.90 Å². The monoisotopic (exact) mass is 274 g/mol. The lowest BCUT2D eigenvalue weighted by Gasteiger charge is -2.55. The van der Waals surface area contributed by atoms with Crippen LogP contribution in [0, 0.1) is 36.5 Å². The molecule has 0 amide bonds. The Morgan fingerprint density at radius 1 is 1.25 bits per heavy atom. The fraction of sp³-hybridized carbons (Fsp3) is 0.750. The molecule has 4 heteroatoms. The van der Waals surface area contributed by atoms with E-state index in [1.165, 1.54) is 32.1 Å². The number of aryl methyl sites for hydroxylation is 1. The van der Waals surface area contributed by atoms with Gasteiger partial charge in [-0.1, -0.05) is 0 Å². The fourth-order valence-electron chi connectivity index (χ4n) is 5.52. The van der Waals surface area contributed by atoms with Crippen LogP contribution in [-0.4, -0.2) is 20.9 Å². The third kappa shape index (κ3) is 1.80. The van der Waals surface area contributed by atoms with Gasteiger partial charge in [0.25, 0.3) is 0 Å². The fourth-order valence-corrected chi connectivity index (χ4v) is 5.52. The van der Waals surface area contributed by atoms with Crippen LogP contribution in [0.15, 0.2) is 12.4 Å². The van der Waals surface area contributed by atoms with Gasteiger partial charge < -0.3 is 5.11 Å². The molecule has 20 heavy (non-hydrogen) atoms. The van der Waals surface area contributed by atoms with E-state index in [2.05, 4.69) is 5.10 Å². The lowest BCUT2D eigenvalue weighted by molar-refractivity contribution is -0.150. The molecular weight excluding hydrogens is 252 g/mol. The van der Waals surface area contributed by atoms with Gasteiger partial charge in [0.05, 0.1) is 6.20 Å². The maximum Gasteiger partial charge on any atom is 0.328 e. The molecular formula is C16H22N2O2. The van der Waals surface area contributed by atoms with E-state index >= 15 is 0 Å². The van der Waals surface area contributed by atoms with E-state index in [1.54, 1.807) is 10.9 Å². The second kappa shape index (κ2) is 4.34. The molecule has 0 aromatic carbocycles. The van der Waals surface area contributed by atoms with E-state index in [0.717, 1.165) is 17.4 Å². The largest absolute Gasteiger partial charge is 0.480 e. The van der Waals surface area contributed by atoms with E-state index in [-0.39, 0.29) is 0 Å². The number of carbonyl (C=O) groups is 1. The van der Waals surface area contributed by atoms with E-state index < -0.39 is 12.0 Å². The van der Waals surface area contributed by atoms with Gasteiger partial charge in [-0.25, -0.2) is 4.79 Å². The number of hydrogen-bond acceptors (Lipinski definition) is 2. The molecule has 4 aliphatic carbocycles. The Labute approximate surface area is 119 Å². The second-order valence-electron chi connectivity index (χ2n) is 7.29. The zero-order valence-electron chi connectivity index (χ0n) is 11.9. The number of hydrogen-bond donors (Lipinski definition) is 1. The predicted molar refractivity (Wildman–Crippen MR) is 74.2 cm³/mol. The molecule has 1 aromatic heterocycles. The molecule has 0 aliphatic heterocycles. The van der Waals surface area contributed by atoms with Gasteiger partial charge in [-0.3, -0.25) is 4.68 Å². The first-order chi connectivity index (χ1) is 9.61. The third-order valence-electron chi connectivity index (χ3n) is 5.93.